The molecule has 0 N–H and O–H groups in total. The van der Waals surface area contributed by atoms with E-state index in [1.54, 1.807) is 0 Å². The maximum atomic E-state index is 2.33. The fourth-order valence-corrected chi connectivity index (χ4v) is 3.31. The molecule has 0 aliphatic heterocycles. The highest BCUT2D eigenvalue weighted by Gasteiger charge is 2.08. The van der Waals surface area contributed by atoms with E-state index >= 15 is 0 Å². The average molecular weight is 350 g/mol. The third-order valence-corrected chi connectivity index (χ3v) is 4.63. The average Bonchev–Trinajstić information content (AvgIpc) is 2.64. The van der Waals surface area contributed by atoms with E-state index in [0.717, 1.165) is 5.92 Å². The summed E-state index contributed by atoms with van der Waals surface area (Å²) in [5.74, 6) is 0.766. The first-order valence-electron chi connectivity index (χ1n) is 9.79. The molecule has 24 heavy (non-hydrogen) atoms. The van der Waals surface area contributed by atoms with Gasteiger partial charge in [0.1, 0.15) is 4.91 Å². The zero-order valence-corrected chi connectivity index (χ0v) is 18.3. The van der Waals surface area contributed by atoms with Crippen LogP contribution < -0.4 is 0 Å². The van der Waals surface area contributed by atoms with Crippen LogP contribution in [0.3, 0.4) is 0 Å². The maximum absolute atomic E-state index is 2.33. The summed E-state index contributed by atoms with van der Waals surface area (Å²) in [5, 5.41) is 0. The predicted molar refractivity (Wildman–Crippen MR) is 117 cm³/mol. The molecule has 0 radical (unpaired) electrons. The second-order valence-corrected chi connectivity index (χ2v) is 6.89. The van der Waals surface area contributed by atoms with Crippen LogP contribution in [0.4, 0.5) is 0 Å². The van der Waals surface area contributed by atoms with Crippen molar-refractivity contribution in [1.82, 2.24) is 0 Å². The van der Waals surface area contributed by atoms with E-state index in [-0.39, 0.29) is 0 Å². The van der Waals surface area contributed by atoms with E-state index in [2.05, 4.69) is 70.2 Å². The normalized spacial score (nSPS) is 11.4. The third kappa shape index (κ3) is 12.5. The fraction of sp³-hybridized carbons (Fsp3) is 0.565. The number of hydrogen-bond donors (Lipinski definition) is 0. The van der Waals surface area contributed by atoms with Gasteiger partial charge in [0.25, 0.3) is 0 Å². The second kappa shape index (κ2) is 18.4. The molecule has 0 amide bonds. The topological polar surface area (TPSA) is 0 Å². The van der Waals surface area contributed by atoms with Gasteiger partial charge in [0, 0.05) is 18.7 Å². The van der Waals surface area contributed by atoms with E-state index in [9.17, 15) is 0 Å². The molecule has 1 aromatic rings. The summed E-state index contributed by atoms with van der Waals surface area (Å²) in [5.41, 5.74) is 1.54. The molecule has 1 heteroatoms. The van der Waals surface area contributed by atoms with Crippen LogP contribution in [0.5, 0.6) is 0 Å². The molecule has 0 aromatic heterocycles. The summed E-state index contributed by atoms with van der Waals surface area (Å²) in [4.78, 5) is 2.77. The van der Waals surface area contributed by atoms with Gasteiger partial charge in [-0.2, -0.15) is 0 Å². The summed E-state index contributed by atoms with van der Waals surface area (Å²) in [7, 11) is 0. The van der Waals surface area contributed by atoms with E-state index in [1.807, 2.05) is 27.7 Å². The van der Waals surface area contributed by atoms with Crippen molar-refractivity contribution in [2.45, 2.75) is 86.0 Å². The predicted octanol–water partition coefficient (Wildman–Crippen LogP) is 7.98. The van der Waals surface area contributed by atoms with E-state index < -0.39 is 0 Å². The zero-order valence-electron chi connectivity index (χ0n) is 17.4. The van der Waals surface area contributed by atoms with Crippen molar-refractivity contribution in [3.05, 3.63) is 53.0 Å². The Hall–Kier alpha value is -0.950. The molecule has 0 saturated heterocycles. The summed E-state index contributed by atoms with van der Waals surface area (Å²) < 4.78 is 0. The Balaban J connectivity index is 0. The van der Waals surface area contributed by atoms with Gasteiger partial charge in [0.2, 0.25) is 0 Å². The largest absolute Gasteiger partial charge is 0.157 e. The first-order valence-corrected chi connectivity index (χ1v) is 10.7. The number of allylic oxidation sites excluding steroid dienone is 4. The SMILES string of the molecule is CC.CC.CCCC(CCC)/C(C)=C/C=C(\C)[SH+]c1ccccc1. The van der Waals surface area contributed by atoms with Gasteiger partial charge < -0.3 is 0 Å². The minimum absolute atomic E-state index is 0.766. The van der Waals surface area contributed by atoms with Crippen LogP contribution in [0.25, 0.3) is 0 Å². The smallest absolute Gasteiger partial charge is 0.0701 e. The summed E-state index contributed by atoms with van der Waals surface area (Å²) in [6.45, 7) is 17.1. The van der Waals surface area contributed by atoms with Crippen LogP contribution in [0.2, 0.25) is 0 Å². The van der Waals surface area contributed by atoms with Gasteiger partial charge in [-0.05, 0) is 43.9 Å². The molecule has 0 spiro atoms. The molecule has 0 unspecified atom stereocenters. The summed E-state index contributed by atoms with van der Waals surface area (Å²) >= 11 is 1.32. The number of benzene rings is 1. The van der Waals surface area contributed by atoms with Crippen LogP contribution in [-0.2, 0) is 11.8 Å². The third-order valence-electron chi connectivity index (χ3n) is 3.57. The van der Waals surface area contributed by atoms with Gasteiger partial charge in [-0.1, -0.05) is 84.2 Å². The van der Waals surface area contributed by atoms with Crippen molar-refractivity contribution < 1.29 is 0 Å². The lowest BCUT2D eigenvalue weighted by atomic mass is 9.91. The fourth-order valence-electron chi connectivity index (χ4n) is 2.43. The number of hydrogen-bond acceptors (Lipinski definition) is 0. The quantitative estimate of drug-likeness (QED) is 0.253. The Morgan fingerprint density at radius 1 is 0.875 bits per heavy atom. The lowest BCUT2D eigenvalue weighted by Crippen LogP contribution is -2.01. The van der Waals surface area contributed by atoms with Crippen molar-refractivity contribution in [2.75, 3.05) is 0 Å². The molecule has 1 rings (SSSR count). The van der Waals surface area contributed by atoms with Gasteiger partial charge in [-0.15, -0.1) is 0 Å². The highest BCUT2D eigenvalue weighted by molar-refractivity contribution is 7.82. The summed E-state index contributed by atoms with van der Waals surface area (Å²) in [6.07, 6.45) is 9.82. The van der Waals surface area contributed by atoms with Gasteiger partial charge in [0.05, 0.1) is 0 Å². The molecule has 138 valence electrons. The molecule has 0 heterocycles. The molecule has 0 atom stereocenters. The van der Waals surface area contributed by atoms with Crippen molar-refractivity contribution in [3.63, 3.8) is 0 Å². The van der Waals surface area contributed by atoms with Crippen LogP contribution >= 0.6 is 0 Å². The van der Waals surface area contributed by atoms with Crippen molar-refractivity contribution >= 4 is 11.8 Å². The molecular weight excluding hydrogens is 308 g/mol. The first kappa shape index (κ1) is 25.3. The van der Waals surface area contributed by atoms with E-state index in [1.165, 1.54) is 52.8 Å². The maximum Gasteiger partial charge on any atom is 0.157 e. The highest BCUT2D eigenvalue weighted by Crippen LogP contribution is 2.22. The standard InChI is InChI=1S/C19H28S.2C2H6/c1-5-10-18(11-6-2)16(3)14-15-17(4)20-19-12-8-7-9-13-19;2*1-2/h7-9,12-15,18H,5-6,10-11H2,1-4H3;2*1-2H3/p+1/b16-14+,17-15+;;. The van der Waals surface area contributed by atoms with Crippen molar-refractivity contribution in [1.29, 1.82) is 0 Å². The molecule has 0 fully saturated rings. The number of rotatable bonds is 8. The van der Waals surface area contributed by atoms with Gasteiger partial charge in [-0.3, -0.25) is 0 Å². The minimum atomic E-state index is 0.766. The molecule has 0 aliphatic rings. The minimum Gasteiger partial charge on any atom is -0.0701 e. The van der Waals surface area contributed by atoms with Crippen molar-refractivity contribution in [2.24, 2.45) is 5.92 Å². The Morgan fingerprint density at radius 3 is 1.83 bits per heavy atom. The second-order valence-electron chi connectivity index (χ2n) is 5.44. The molecule has 0 bridgehead atoms. The van der Waals surface area contributed by atoms with Crippen LogP contribution in [-0.4, -0.2) is 0 Å². The molecular formula is C23H41S+. The van der Waals surface area contributed by atoms with Gasteiger partial charge in [-0.25, -0.2) is 0 Å². The number of thiol groups is 1. The van der Waals surface area contributed by atoms with E-state index in [4.69, 9.17) is 0 Å². The van der Waals surface area contributed by atoms with E-state index in [0.29, 0.717) is 0 Å². The van der Waals surface area contributed by atoms with Crippen LogP contribution in [0.15, 0.2) is 57.9 Å². The lowest BCUT2D eigenvalue weighted by Gasteiger charge is -2.15. The Labute approximate surface area is 156 Å². The lowest BCUT2D eigenvalue weighted by molar-refractivity contribution is 0.504. The van der Waals surface area contributed by atoms with Crippen molar-refractivity contribution in [3.8, 4) is 0 Å². The molecule has 1 aromatic carbocycles. The Morgan fingerprint density at radius 2 is 1.38 bits per heavy atom. The van der Waals surface area contributed by atoms with Crippen LogP contribution in [0.1, 0.15) is 81.1 Å². The van der Waals surface area contributed by atoms with Gasteiger partial charge in [0.15, 0.2) is 4.90 Å². The molecule has 0 nitrogen and oxygen atoms in total. The molecule has 0 aliphatic carbocycles. The van der Waals surface area contributed by atoms with Crippen LogP contribution in [0, 0.1) is 5.92 Å². The zero-order chi connectivity index (χ0) is 18.8. The van der Waals surface area contributed by atoms with Gasteiger partial charge >= 0.3 is 0 Å². The Bertz CT molecular complexity index is 423. The summed E-state index contributed by atoms with van der Waals surface area (Å²) in [6, 6.07) is 10.7. The Kier molecular flexibility index (Phi) is 19.4. The molecule has 0 saturated carbocycles. The monoisotopic (exact) mass is 349 g/mol. The first-order chi connectivity index (χ1) is 11.7. The highest BCUT2D eigenvalue weighted by atomic mass is 32.2.